The monoisotopic (exact) mass is 280 g/mol. The molecule has 5 heteroatoms. The van der Waals surface area contributed by atoms with Crippen molar-refractivity contribution in [3.8, 4) is 0 Å². The molecule has 1 aliphatic carbocycles. The average Bonchev–Trinajstić information content (AvgIpc) is 2.86. The van der Waals surface area contributed by atoms with E-state index in [2.05, 4.69) is 11.6 Å². The molecule has 2 rings (SSSR count). The number of carboxylic acids is 1. The molecule has 1 aromatic carbocycles. The van der Waals surface area contributed by atoms with E-state index in [-0.39, 0.29) is 5.56 Å². The maximum absolute atomic E-state index is 10.8. The second-order valence-electron chi connectivity index (χ2n) is 5.05. The number of nitrogens with one attached hydrogen (secondary N) is 1. The number of hydrogen-bond acceptors (Lipinski definition) is 4. The molecule has 0 amide bonds. The van der Waals surface area contributed by atoms with Gasteiger partial charge in [-0.05, 0) is 37.3 Å². The van der Waals surface area contributed by atoms with Crippen molar-refractivity contribution in [3.05, 3.63) is 23.8 Å². The smallest absolute Gasteiger partial charge is 0.335 e. The minimum atomic E-state index is -0.949. The molecular weight excluding hydrogens is 260 g/mol. The molecule has 1 aliphatic rings. The molecule has 1 saturated carbocycles. The van der Waals surface area contributed by atoms with Crippen molar-refractivity contribution in [2.75, 3.05) is 23.9 Å². The van der Waals surface area contributed by atoms with Crippen LogP contribution in [0.5, 0.6) is 0 Å². The summed E-state index contributed by atoms with van der Waals surface area (Å²) in [6.45, 7) is 0.880. The van der Waals surface area contributed by atoms with Crippen LogP contribution in [0.4, 0.5) is 11.4 Å². The van der Waals surface area contributed by atoms with Crippen molar-refractivity contribution < 1.29 is 9.90 Å². The number of carboxylic acid groups (broad SMARTS) is 1. The minimum Gasteiger partial charge on any atom is -0.478 e. The van der Waals surface area contributed by atoms with Crippen molar-refractivity contribution >= 4 is 29.1 Å². The van der Waals surface area contributed by atoms with E-state index in [1.807, 2.05) is 11.8 Å². The zero-order valence-corrected chi connectivity index (χ0v) is 11.9. The standard InChI is InChI=1S/C14H20N2O2S/c1-19-14(6-2-3-7-14)9-16-12-5-4-10(13(17)18)8-11(12)15/h4-5,8,16H,2-3,6-7,9,15H2,1H3,(H,17,18). The first kappa shape index (κ1) is 14.1. The Hall–Kier alpha value is -1.36. The van der Waals surface area contributed by atoms with Gasteiger partial charge in [0.15, 0.2) is 0 Å². The number of rotatable bonds is 5. The van der Waals surface area contributed by atoms with Crippen LogP contribution >= 0.6 is 11.8 Å². The predicted octanol–water partition coefficient (Wildman–Crippen LogP) is 3.05. The summed E-state index contributed by atoms with van der Waals surface area (Å²) in [5, 5.41) is 12.3. The Labute approximate surface area is 117 Å². The highest BCUT2D eigenvalue weighted by atomic mass is 32.2. The minimum absolute atomic E-state index is 0.225. The molecule has 0 unspecified atom stereocenters. The van der Waals surface area contributed by atoms with E-state index in [1.54, 1.807) is 12.1 Å². The van der Waals surface area contributed by atoms with Gasteiger partial charge in [0.1, 0.15) is 0 Å². The van der Waals surface area contributed by atoms with Gasteiger partial charge in [0.05, 0.1) is 16.9 Å². The lowest BCUT2D eigenvalue weighted by Gasteiger charge is -2.27. The van der Waals surface area contributed by atoms with E-state index in [0.717, 1.165) is 12.2 Å². The highest BCUT2D eigenvalue weighted by molar-refractivity contribution is 8.00. The van der Waals surface area contributed by atoms with E-state index in [4.69, 9.17) is 10.8 Å². The van der Waals surface area contributed by atoms with Crippen molar-refractivity contribution in [3.63, 3.8) is 0 Å². The van der Waals surface area contributed by atoms with Gasteiger partial charge < -0.3 is 16.2 Å². The molecule has 104 valence electrons. The lowest BCUT2D eigenvalue weighted by molar-refractivity contribution is 0.0697. The third-order valence-electron chi connectivity index (χ3n) is 3.85. The second-order valence-corrected chi connectivity index (χ2v) is 6.33. The fourth-order valence-corrected chi connectivity index (χ4v) is 3.50. The Balaban J connectivity index is 2.05. The highest BCUT2D eigenvalue weighted by Crippen LogP contribution is 2.40. The van der Waals surface area contributed by atoms with Crippen LogP contribution < -0.4 is 11.1 Å². The van der Waals surface area contributed by atoms with Crippen LogP contribution in [0.2, 0.25) is 0 Å². The number of hydrogen-bond donors (Lipinski definition) is 3. The Morgan fingerprint density at radius 1 is 1.47 bits per heavy atom. The summed E-state index contributed by atoms with van der Waals surface area (Å²) in [4.78, 5) is 10.8. The van der Waals surface area contributed by atoms with Crippen LogP contribution in [0.25, 0.3) is 0 Å². The van der Waals surface area contributed by atoms with E-state index in [1.165, 1.54) is 31.7 Å². The van der Waals surface area contributed by atoms with Gasteiger partial charge in [-0.1, -0.05) is 12.8 Å². The Kier molecular flexibility index (Phi) is 4.24. The van der Waals surface area contributed by atoms with Crippen LogP contribution in [0.3, 0.4) is 0 Å². The average molecular weight is 280 g/mol. The summed E-state index contributed by atoms with van der Waals surface area (Å²) in [5.41, 5.74) is 7.44. The van der Waals surface area contributed by atoms with Crippen molar-refractivity contribution in [2.24, 2.45) is 0 Å². The molecule has 19 heavy (non-hydrogen) atoms. The first-order chi connectivity index (χ1) is 9.06. The van der Waals surface area contributed by atoms with Gasteiger partial charge in [-0.25, -0.2) is 4.79 Å². The lowest BCUT2D eigenvalue weighted by atomic mass is 10.1. The molecule has 0 radical (unpaired) electrons. The van der Waals surface area contributed by atoms with Crippen LogP contribution in [0.1, 0.15) is 36.0 Å². The molecule has 0 aromatic heterocycles. The lowest BCUT2D eigenvalue weighted by Crippen LogP contribution is -2.30. The number of carbonyl (C=O) groups is 1. The summed E-state index contributed by atoms with van der Waals surface area (Å²) in [6, 6.07) is 4.84. The number of nitrogens with two attached hydrogens (primary N) is 1. The number of aromatic carboxylic acids is 1. The van der Waals surface area contributed by atoms with Crippen molar-refractivity contribution in [1.82, 2.24) is 0 Å². The van der Waals surface area contributed by atoms with Crippen molar-refractivity contribution in [1.29, 1.82) is 0 Å². The molecule has 1 aromatic rings. The highest BCUT2D eigenvalue weighted by Gasteiger charge is 2.32. The Morgan fingerprint density at radius 2 is 2.16 bits per heavy atom. The molecule has 0 spiro atoms. The summed E-state index contributed by atoms with van der Waals surface area (Å²) in [5.74, 6) is -0.949. The molecule has 4 N–H and O–H groups in total. The fourth-order valence-electron chi connectivity index (χ4n) is 2.59. The molecule has 0 bridgehead atoms. The molecule has 1 fully saturated rings. The van der Waals surface area contributed by atoms with Gasteiger partial charge >= 0.3 is 5.97 Å². The largest absolute Gasteiger partial charge is 0.478 e. The van der Waals surface area contributed by atoms with Crippen LogP contribution in [-0.4, -0.2) is 28.6 Å². The maximum Gasteiger partial charge on any atom is 0.335 e. The number of thioether (sulfide) groups is 1. The zero-order valence-electron chi connectivity index (χ0n) is 11.1. The fraction of sp³-hybridized carbons (Fsp3) is 0.500. The number of anilines is 2. The van der Waals surface area contributed by atoms with Crippen molar-refractivity contribution in [2.45, 2.75) is 30.4 Å². The van der Waals surface area contributed by atoms with Gasteiger partial charge in [0, 0.05) is 11.3 Å². The van der Waals surface area contributed by atoms with E-state index < -0.39 is 5.97 Å². The zero-order chi connectivity index (χ0) is 13.9. The van der Waals surface area contributed by atoms with Gasteiger partial charge in [-0.15, -0.1) is 0 Å². The summed E-state index contributed by atoms with van der Waals surface area (Å²) < 4.78 is 0.303. The third-order valence-corrected chi connectivity index (χ3v) is 5.27. The van der Waals surface area contributed by atoms with E-state index >= 15 is 0 Å². The third kappa shape index (κ3) is 3.15. The normalized spacial score (nSPS) is 17.3. The van der Waals surface area contributed by atoms with E-state index in [0.29, 0.717) is 10.4 Å². The molecule has 0 aliphatic heterocycles. The predicted molar refractivity (Wildman–Crippen MR) is 81.0 cm³/mol. The van der Waals surface area contributed by atoms with Gasteiger partial charge in [0.2, 0.25) is 0 Å². The second kappa shape index (κ2) is 5.74. The maximum atomic E-state index is 10.8. The number of nitrogen functional groups attached to an aromatic ring is 1. The summed E-state index contributed by atoms with van der Waals surface area (Å²) in [7, 11) is 0. The first-order valence-electron chi connectivity index (χ1n) is 6.48. The quantitative estimate of drug-likeness (QED) is 0.723. The van der Waals surface area contributed by atoms with Crippen LogP contribution in [0.15, 0.2) is 18.2 Å². The molecule has 0 saturated heterocycles. The van der Waals surface area contributed by atoms with Crippen LogP contribution in [-0.2, 0) is 0 Å². The molecule has 0 atom stereocenters. The first-order valence-corrected chi connectivity index (χ1v) is 7.71. The summed E-state index contributed by atoms with van der Waals surface area (Å²) >= 11 is 1.92. The molecular formula is C14H20N2O2S. The Bertz CT molecular complexity index is 471. The van der Waals surface area contributed by atoms with Crippen LogP contribution in [0, 0.1) is 0 Å². The van der Waals surface area contributed by atoms with Gasteiger partial charge in [0.25, 0.3) is 0 Å². The molecule has 4 nitrogen and oxygen atoms in total. The Morgan fingerprint density at radius 3 is 2.68 bits per heavy atom. The summed E-state index contributed by atoms with van der Waals surface area (Å²) in [6.07, 6.45) is 7.19. The van der Waals surface area contributed by atoms with Gasteiger partial charge in [-0.2, -0.15) is 11.8 Å². The SMILES string of the molecule is CSC1(CNc2ccc(C(=O)O)cc2N)CCCC1. The topological polar surface area (TPSA) is 75.3 Å². The molecule has 0 heterocycles. The van der Waals surface area contributed by atoms with Gasteiger partial charge in [-0.3, -0.25) is 0 Å². The van der Waals surface area contributed by atoms with E-state index in [9.17, 15) is 4.79 Å². The number of benzene rings is 1.